The lowest BCUT2D eigenvalue weighted by Gasteiger charge is -2.03. The lowest BCUT2D eigenvalue weighted by Crippen LogP contribution is -2.19. The van der Waals surface area contributed by atoms with E-state index in [0.717, 1.165) is 11.4 Å². The first-order valence-corrected chi connectivity index (χ1v) is 8.56. The topological polar surface area (TPSA) is 92.9 Å². The molecule has 1 aromatic carbocycles. The number of aryl methyl sites for hydroxylation is 1. The minimum atomic E-state index is -0.461. The third kappa shape index (κ3) is 3.11. The molecular formula is C17H14N4O3S. The summed E-state index contributed by atoms with van der Waals surface area (Å²) < 4.78 is 6.62. The van der Waals surface area contributed by atoms with Gasteiger partial charge in [-0.3, -0.25) is 9.36 Å². The van der Waals surface area contributed by atoms with Crippen LogP contribution in [0.15, 0.2) is 57.2 Å². The summed E-state index contributed by atoms with van der Waals surface area (Å²) in [6.07, 6.45) is 1.97. The third-order valence-corrected chi connectivity index (χ3v) is 4.52. The monoisotopic (exact) mass is 354 g/mol. The molecule has 0 radical (unpaired) electrons. The molecular weight excluding hydrogens is 340 g/mol. The highest BCUT2D eigenvalue weighted by Crippen LogP contribution is 2.23. The number of hydrogen-bond acceptors (Lipinski definition) is 5. The van der Waals surface area contributed by atoms with Gasteiger partial charge in [-0.2, -0.15) is 0 Å². The number of para-hydroxylation sites is 2. The molecule has 0 atom stereocenters. The van der Waals surface area contributed by atoms with Crippen molar-refractivity contribution < 1.29 is 9.21 Å². The van der Waals surface area contributed by atoms with E-state index in [9.17, 15) is 9.59 Å². The van der Waals surface area contributed by atoms with E-state index in [-0.39, 0.29) is 18.9 Å². The number of carbonyl (C=O) groups excluding carboxylic acids is 1. The second-order valence-corrected chi connectivity index (χ2v) is 6.27. The normalized spacial score (nSPS) is 11.0. The number of aromatic amines is 1. The highest BCUT2D eigenvalue weighted by molar-refractivity contribution is 7.14. The second-order valence-electron chi connectivity index (χ2n) is 5.41. The number of carbonyl (C=O) groups is 1. The van der Waals surface area contributed by atoms with Gasteiger partial charge in [0.2, 0.25) is 5.91 Å². The van der Waals surface area contributed by atoms with E-state index >= 15 is 0 Å². The van der Waals surface area contributed by atoms with Crippen LogP contribution in [0.4, 0.5) is 5.13 Å². The third-order valence-electron chi connectivity index (χ3n) is 3.76. The molecule has 0 saturated carbocycles. The van der Waals surface area contributed by atoms with Crippen LogP contribution in [-0.4, -0.2) is 20.4 Å². The van der Waals surface area contributed by atoms with Gasteiger partial charge >= 0.3 is 5.76 Å². The Labute approximate surface area is 145 Å². The minimum absolute atomic E-state index is 0.154. The number of aromatic nitrogens is 3. The van der Waals surface area contributed by atoms with Crippen molar-refractivity contribution in [3.05, 3.63) is 58.5 Å². The fraction of sp³-hybridized carbons (Fsp3) is 0.118. The Kier molecular flexibility index (Phi) is 3.95. The number of fused-ring (bicyclic) bond motifs is 1. The van der Waals surface area contributed by atoms with Gasteiger partial charge in [-0.15, -0.1) is 11.3 Å². The molecule has 1 amide bonds. The van der Waals surface area contributed by atoms with E-state index in [1.54, 1.807) is 18.2 Å². The maximum atomic E-state index is 12.2. The molecule has 0 spiro atoms. The van der Waals surface area contributed by atoms with Crippen molar-refractivity contribution in [2.45, 2.75) is 13.0 Å². The number of amides is 1. The van der Waals surface area contributed by atoms with E-state index in [4.69, 9.17) is 4.42 Å². The molecule has 2 N–H and O–H groups in total. The summed E-state index contributed by atoms with van der Waals surface area (Å²) in [7, 11) is 0. The van der Waals surface area contributed by atoms with Crippen LogP contribution in [0.1, 0.15) is 6.42 Å². The minimum Gasteiger partial charge on any atom is -0.408 e. The van der Waals surface area contributed by atoms with Gasteiger partial charge in [0.25, 0.3) is 0 Å². The van der Waals surface area contributed by atoms with E-state index in [2.05, 4.69) is 15.3 Å². The standard InChI is InChI=1S/C17H14N4O3S/c22-15(20-16-19-12(10-25-16)11-4-3-8-18-11)7-9-21-13-5-1-2-6-14(13)24-17(21)23/h1-6,8,10,18H,7,9H2,(H,19,20,22). The van der Waals surface area contributed by atoms with Gasteiger partial charge in [0.15, 0.2) is 10.7 Å². The van der Waals surface area contributed by atoms with Crippen LogP contribution < -0.4 is 11.1 Å². The Morgan fingerprint density at radius 1 is 1.28 bits per heavy atom. The van der Waals surface area contributed by atoms with Crippen LogP contribution in [-0.2, 0) is 11.3 Å². The lowest BCUT2D eigenvalue weighted by atomic mass is 10.3. The quantitative estimate of drug-likeness (QED) is 0.576. The smallest absolute Gasteiger partial charge is 0.408 e. The van der Waals surface area contributed by atoms with Crippen LogP contribution in [0, 0.1) is 0 Å². The number of thiazole rings is 1. The molecule has 7 nitrogen and oxygen atoms in total. The van der Waals surface area contributed by atoms with Crippen LogP contribution in [0.2, 0.25) is 0 Å². The summed E-state index contributed by atoms with van der Waals surface area (Å²) in [5.74, 6) is -0.665. The molecule has 4 rings (SSSR count). The number of nitrogens with one attached hydrogen (secondary N) is 2. The van der Waals surface area contributed by atoms with Crippen molar-refractivity contribution >= 4 is 33.5 Å². The summed E-state index contributed by atoms with van der Waals surface area (Å²) >= 11 is 1.36. The fourth-order valence-electron chi connectivity index (χ4n) is 2.57. The number of anilines is 1. The van der Waals surface area contributed by atoms with Gasteiger partial charge in [0.05, 0.1) is 16.9 Å². The van der Waals surface area contributed by atoms with Crippen molar-refractivity contribution in [3.8, 4) is 11.4 Å². The summed E-state index contributed by atoms with van der Waals surface area (Å²) in [5, 5.41) is 5.16. The molecule has 126 valence electrons. The molecule has 3 aromatic heterocycles. The summed E-state index contributed by atoms with van der Waals surface area (Å²) in [4.78, 5) is 31.5. The predicted octanol–water partition coefficient (Wildman–Crippen LogP) is 3.07. The average Bonchev–Trinajstić information content (AvgIpc) is 3.32. The Morgan fingerprint density at radius 3 is 3.00 bits per heavy atom. The Balaban J connectivity index is 1.42. The first-order valence-electron chi connectivity index (χ1n) is 7.68. The highest BCUT2D eigenvalue weighted by Gasteiger charge is 2.12. The van der Waals surface area contributed by atoms with Crippen molar-refractivity contribution in [2.75, 3.05) is 5.32 Å². The van der Waals surface area contributed by atoms with E-state index in [0.29, 0.717) is 16.2 Å². The van der Waals surface area contributed by atoms with Crippen molar-refractivity contribution in [1.29, 1.82) is 0 Å². The summed E-state index contributed by atoms with van der Waals surface area (Å²) in [6.45, 7) is 0.247. The number of oxazole rings is 1. The average molecular weight is 354 g/mol. The number of benzene rings is 1. The number of H-pyrrole nitrogens is 1. The van der Waals surface area contributed by atoms with Crippen LogP contribution >= 0.6 is 11.3 Å². The van der Waals surface area contributed by atoms with Crippen LogP contribution in [0.5, 0.6) is 0 Å². The second kappa shape index (κ2) is 6.40. The molecule has 0 aliphatic rings. The van der Waals surface area contributed by atoms with Crippen LogP contribution in [0.25, 0.3) is 22.5 Å². The molecule has 0 aliphatic carbocycles. The first kappa shape index (κ1) is 15.4. The lowest BCUT2D eigenvalue weighted by molar-refractivity contribution is -0.116. The van der Waals surface area contributed by atoms with Gasteiger partial charge in [0, 0.05) is 24.5 Å². The molecule has 25 heavy (non-hydrogen) atoms. The van der Waals surface area contributed by atoms with E-state index in [1.807, 2.05) is 29.8 Å². The molecule has 3 heterocycles. The zero-order valence-electron chi connectivity index (χ0n) is 13.1. The molecule has 0 unspecified atom stereocenters. The summed E-state index contributed by atoms with van der Waals surface area (Å²) in [5.41, 5.74) is 2.88. The first-order chi connectivity index (χ1) is 12.2. The molecule has 0 aliphatic heterocycles. The maximum Gasteiger partial charge on any atom is 0.419 e. The number of hydrogen-bond donors (Lipinski definition) is 2. The van der Waals surface area contributed by atoms with Gasteiger partial charge in [-0.25, -0.2) is 9.78 Å². The van der Waals surface area contributed by atoms with Gasteiger partial charge in [-0.1, -0.05) is 12.1 Å². The highest BCUT2D eigenvalue weighted by atomic mass is 32.1. The SMILES string of the molecule is O=C(CCn1c(=O)oc2ccccc21)Nc1nc(-c2ccc[nH]2)cs1. The zero-order chi connectivity index (χ0) is 17.2. The molecule has 0 fully saturated rings. The van der Waals surface area contributed by atoms with Gasteiger partial charge in [0.1, 0.15) is 0 Å². The van der Waals surface area contributed by atoms with Gasteiger partial charge in [-0.05, 0) is 24.3 Å². The molecule has 8 heteroatoms. The Bertz CT molecular complexity index is 1070. The van der Waals surface area contributed by atoms with E-state index in [1.165, 1.54) is 15.9 Å². The number of rotatable bonds is 5. The van der Waals surface area contributed by atoms with Crippen molar-refractivity contribution in [1.82, 2.24) is 14.5 Å². The molecule has 0 bridgehead atoms. The fourth-order valence-corrected chi connectivity index (χ4v) is 3.29. The Morgan fingerprint density at radius 2 is 2.16 bits per heavy atom. The van der Waals surface area contributed by atoms with E-state index < -0.39 is 5.76 Å². The Hall–Kier alpha value is -3.13. The summed E-state index contributed by atoms with van der Waals surface area (Å²) in [6, 6.07) is 10.9. The largest absolute Gasteiger partial charge is 0.419 e. The number of nitrogens with zero attached hydrogens (tertiary/aromatic N) is 2. The zero-order valence-corrected chi connectivity index (χ0v) is 13.9. The van der Waals surface area contributed by atoms with Gasteiger partial charge < -0.3 is 14.7 Å². The van der Waals surface area contributed by atoms with Crippen LogP contribution in [0.3, 0.4) is 0 Å². The molecule has 4 aromatic rings. The van der Waals surface area contributed by atoms with Crippen molar-refractivity contribution in [3.63, 3.8) is 0 Å². The molecule has 0 saturated heterocycles. The predicted molar refractivity (Wildman–Crippen MR) is 95.6 cm³/mol. The van der Waals surface area contributed by atoms with Crippen molar-refractivity contribution in [2.24, 2.45) is 0 Å². The maximum absolute atomic E-state index is 12.2.